The summed E-state index contributed by atoms with van der Waals surface area (Å²) >= 11 is 0. The normalized spacial score (nSPS) is 23.6. The van der Waals surface area contributed by atoms with E-state index < -0.39 is 11.4 Å². The maximum atomic E-state index is 11.3. The van der Waals surface area contributed by atoms with Crippen LogP contribution in [0.1, 0.15) is 52.9 Å². The Labute approximate surface area is 111 Å². The van der Waals surface area contributed by atoms with Gasteiger partial charge in [0.15, 0.2) is 0 Å². The monoisotopic (exact) mass is 255 g/mol. The van der Waals surface area contributed by atoms with E-state index in [1.54, 1.807) is 6.92 Å². The molecule has 1 heterocycles. The molecule has 0 aromatic carbocycles. The Hall–Kier alpha value is -0.610. The highest BCUT2D eigenvalue weighted by atomic mass is 16.1. The summed E-state index contributed by atoms with van der Waals surface area (Å²) in [5, 5.41) is 0. The fourth-order valence-electron chi connectivity index (χ4n) is 2.93. The first-order chi connectivity index (χ1) is 8.36. The molecule has 0 aromatic heterocycles. The summed E-state index contributed by atoms with van der Waals surface area (Å²) in [5.41, 5.74) is 10.4. The van der Waals surface area contributed by atoms with Gasteiger partial charge in [0, 0.05) is 6.04 Å². The van der Waals surface area contributed by atoms with Gasteiger partial charge in [-0.15, -0.1) is 0 Å². The number of primary amides is 1. The molecule has 0 saturated carbocycles. The van der Waals surface area contributed by atoms with Crippen molar-refractivity contribution in [1.82, 2.24) is 4.90 Å². The van der Waals surface area contributed by atoms with Crippen molar-refractivity contribution in [3.63, 3.8) is 0 Å². The third-order valence-electron chi connectivity index (χ3n) is 4.25. The molecule has 0 aromatic rings. The number of rotatable bonds is 6. The van der Waals surface area contributed by atoms with E-state index in [2.05, 4.69) is 18.7 Å². The van der Waals surface area contributed by atoms with Crippen LogP contribution in [0.4, 0.5) is 0 Å². The largest absolute Gasteiger partial charge is 0.368 e. The number of nitrogens with two attached hydrogens (primary N) is 2. The molecule has 0 spiro atoms. The lowest BCUT2D eigenvalue weighted by atomic mass is 9.89. The lowest BCUT2D eigenvalue weighted by Gasteiger charge is -2.38. The van der Waals surface area contributed by atoms with Crippen molar-refractivity contribution in [2.45, 2.75) is 64.5 Å². The fourth-order valence-corrected chi connectivity index (χ4v) is 2.93. The molecule has 1 aliphatic heterocycles. The van der Waals surface area contributed by atoms with E-state index in [1.807, 2.05) is 0 Å². The zero-order valence-corrected chi connectivity index (χ0v) is 12.1. The molecule has 4 heteroatoms. The predicted molar refractivity (Wildman–Crippen MR) is 75.1 cm³/mol. The first kappa shape index (κ1) is 15.4. The summed E-state index contributed by atoms with van der Waals surface area (Å²) in [6.07, 6.45) is 5.81. The zero-order chi connectivity index (χ0) is 13.8. The van der Waals surface area contributed by atoms with Crippen molar-refractivity contribution in [2.75, 3.05) is 13.1 Å². The first-order valence-electron chi connectivity index (χ1n) is 7.19. The van der Waals surface area contributed by atoms with Crippen LogP contribution < -0.4 is 11.5 Å². The third-order valence-corrected chi connectivity index (χ3v) is 4.25. The van der Waals surface area contributed by atoms with E-state index in [9.17, 15) is 4.79 Å². The molecule has 1 amide bonds. The quantitative estimate of drug-likeness (QED) is 0.755. The van der Waals surface area contributed by atoms with Gasteiger partial charge in [0.2, 0.25) is 5.91 Å². The number of piperidine rings is 1. The Morgan fingerprint density at radius 1 is 1.44 bits per heavy atom. The maximum absolute atomic E-state index is 11.3. The first-order valence-corrected chi connectivity index (χ1v) is 7.19. The molecule has 106 valence electrons. The van der Waals surface area contributed by atoms with Gasteiger partial charge < -0.3 is 16.4 Å². The van der Waals surface area contributed by atoms with E-state index in [-0.39, 0.29) is 0 Å². The lowest BCUT2D eigenvalue weighted by molar-refractivity contribution is -0.123. The average Bonchev–Trinajstić information content (AvgIpc) is 2.29. The number of hydrogen-bond acceptors (Lipinski definition) is 3. The Morgan fingerprint density at radius 3 is 2.44 bits per heavy atom. The molecule has 1 saturated heterocycles. The number of amides is 1. The van der Waals surface area contributed by atoms with Gasteiger partial charge in [0.05, 0.1) is 5.54 Å². The van der Waals surface area contributed by atoms with Gasteiger partial charge in [-0.05, 0) is 52.1 Å². The maximum Gasteiger partial charge on any atom is 0.237 e. The van der Waals surface area contributed by atoms with Gasteiger partial charge in [-0.1, -0.05) is 19.8 Å². The van der Waals surface area contributed by atoms with Crippen LogP contribution in [0, 0.1) is 5.92 Å². The van der Waals surface area contributed by atoms with E-state index in [1.165, 1.54) is 25.7 Å². The second-order valence-corrected chi connectivity index (χ2v) is 6.10. The molecule has 2 unspecified atom stereocenters. The van der Waals surface area contributed by atoms with Crippen molar-refractivity contribution in [3.05, 3.63) is 0 Å². The Morgan fingerprint density at radius 2 is 2.00 bits per heavy atom. The highest BCUT2D eigenvalue weighted by molar-refractivity contribution is 5.83. The van der Waals surface area contributed by atoms with Crippen molar-refractivity contribution in [3.8, 4) is 0 Å². The summed E-state index contributed by atoms with van der Waals surface area (Å²) in [6.45, 7) is 8.38. The lowest BCUT2D eigenvalue weighted by Crippen LogP contribution is -2.54. The SMILES string of the molecule is CCCC1CCN(C(C)CC(C)(N)C(N)=O)CC1. The fraction of sp³-hybridized carbons (Fsp3) is 0.929. The molecule has 1 fully saturated rings. The zero-order valence-electron chi connectivity index (χ0n) is 12.1. The highest BCUT2D eigenvalue weighted by Gasteiger charge is 2.31. The molecule has 4 N–H and O–H groups in total. The van der Waals surface area contributed by atoms with Crippen LogP contribution in [0.3, 0.4) is 0 Å². The Kier molecular flexibility index (Phi) is 5.60. The van der Waals surface area contributed by atoms with E-state index in [4.69, 9.17) is 11.5 Å². The van der Waals surface area contributed by atoms with Gasteiger partial charge in [-0.3, -0.25) is 4.79 Å². The second-order valence-electron chi connectivity index (χ2n) is 6.10. The number of likely N-dealkylation sites (tertiary alicyclic amines) is 1. The van der Waals surface area contributed by atoms with Crippen LogP contribution >= 0.6 is 0 Å². The molecule has 18 heavy (non-hydrogen) atoms. The van der Waals surface area contributed by atoms with Gasteiger partial charge in [-0.2, -0.15) is 0 Å². The van der Waals surface area contributed by atoms with E-state index in [0.717, 1.165) is 19.0 Å². The summed E-state index contributed by atoms with van der Waals surface area (Å²) < 4.78 is 0. The van der Waals surface area contributed by atoms with Crippen LogP contribution in [0.2, 0.25) is 0 Å². The number of nitrogens with zero attached hydrogens (tertiary/aromatic N) is 1. The van der Waals surface area contributed by atoms with Crippen molar-refractivity contribution in [2.24, 2.45) is 17.4 Å². The summed E-state index contributed by atoms with van der Waals surface area (Å²) in [6, 6.07) is 0.329. The molecule has 0 radical (unpaired) electrons. The number of carbonyl (C=O) groups excluding carboxylic acids is 1. The van der Waals surface area contributed by atoms with Crippen LogP contribution in [-0.2, 0) is 4.79 Å². The summed E-state index contributed by atoms with van der Waals surface area (Å²) in [4.78, 5) is 13.7. The molecule has 1 rings (SSSR count). The molecule has 0 bridgehead atoms. The molecular formula is C14H29N3O. The van der Waals surface area contributed by atoms with Crippen LogP contribution in [-0.4, -0.2) is 35.5 Å². The average molecular weight is 255 g/mol. The molecule has 4 nitrogen and oxygen atoms in total. The predicted octanol–water partition coefficient (Wildman–Crippen LogP) is 1.48. The van der Waals surface area contributed by atoms with Gasteiger partial charge in [0.25, 0.3) is 0 Å². The van der Waals surface area contributed by atoms with Crippen LogP contribution in [0.5, 0.6) is 0 Å². The van der Waals surface area contributed by atoms with E-state index >= 15 is 0 Å². The van der Waals surface area contributed by atoms with Crippen molar-refractivity contribution in [1.29, 1.82) is 0 Å². The summed E-state index contributed by atoms with van der Waals surface area (Å²) in [7, 11) is 0. The molecule has 0 aliphatic carbocycles. The molecule has 2 atom stereocenters. The van der Waals surface area contributed by atoms with E-state index in [0.29, 0.717) is 12.5 Å². The minimum Gasteiger partial charge on any atom is -0.368 e. The topological polar surface area (TPSA) is 72.3 Å². The standard InChI is InChI=1S/C14H29N3O/c1-4-5-12-6-8-17(9-7-12)11(2)10-14(3,16)13(15)18/h11-12H,4-10,16H2,1-3H3,(H2,15,18). The molecule has 1 aliphatic rings. The van der Waals surface area contributed by atoms with Gasteiger partial charge >= 0.3 is 0 Å². The second kappa shape index (κ2) is 6.53. The van der Waals surface area contributed by atoms with Crippen molar-refractivity contribution < 1.29 is 4.79 Å². The minimum atomic E-state index is -0.889. The number of carbonyl (C=O) groups is 1. The minimum absolute atomic E-state index is 0.329. The van der Waals surface area contributed by atoms with Gasteiger partial charge in [0.1, 0.15) is 0 Å². The third kappa shape index (κ3) is 4.25. The van der Waals surface area contributed by atoms with Crippen LogP contribution in [0.15, 0.2) is 0 Å². The Bertz CT molecular complexity index is 270. The van der Waals surface area contributed by atoms with Crippen LogP contribution in [0.25, 0.3) is 0 Å². The molecular weight excluding hydrogens is 226 g/mol. The van der Waals surface area contributed by atoms with Gasteiger partial charge in [-0.25, -0.2) is 0 Å². The Balaban J connectivity index is 2.40. The van der Waals surface area contributed by atoms with Crippen molar-refractivity contribution >= 4 is 5.91 Å². The summed E-state index contributed by atoms with van der Waals surface area (Å²) in [5.74, 6) is 0.481. The smallest absolute Gasteiger partial charge is 0.237 e. The highest BCUT2D eigenvalue weighted by Crippen LogP contribution is 2.24. The number of hydrogen-bond donors (Lipinski definition) is 2.